The Morgan fingerprint density at radius 2 is 1.72 bits per heavy atom. The molecule has 1 unspecified atom stereocenters. The monoisotopic (exact) mass is 726 g/mol. The number of hydrogen-bond acceptors (Lipinski definition) is 12. The van der Waals surface area contributed by atoms with Crippen LogP contribution in [0.1, 0.15) is 103 Å². The molecule has 0 spiro atoms. The van der Waals surface area contributed by atoms with Crippen LogP contribution in [0.5, 0.6) is 0 Å². The van der Waals surface area contributed by atoms with E-state index in [1.54, 1.807) is 6.20 Å². The molecule has 0 aromatic carbocycles. The highest BCUT2D eigenvalue weighted by atomic mass is 16.5. The van der Waals surface area contributed by atoms with Crippen molar-refractivity contribution in [2.24, 2.45) is 10.8 Å². The number of esters is 2. The molecule has 7 heterocycles. The van der Waals surface area contributed by atoms with E-state index in [0.29, 0.717) is 12.5 Å². The average molecular weight is 727 g/mol. The summed E-state index contributed by atoms with van der Waals surface area (Å²) >= 11 is 0. The number of likely N-dealkylation sites (N-methyl/N-ethyl adjacent to an activating group) is 2. The van der Waals surface area contributed by atoms with Gasteiger partial charge in [0.25, 0.3) is 0 Å². The van der Waals surface area contributed by atoms with Gasteiger partial charge in [-0.05, 0) is 48.9 Å². The summed E-state index contributed by atoms with van der Waals surface area (Å²) < 4.78 is 11.7. The number of aromatic nitrogens is 4. The minimum atomic E-state index is -0.544. The van der Waals surface area contributed by atoms with E-state index in [0.717, 1.165) is 92.8 Å². The molecule has 0 radical (unpaired) electrons. The van der Waals surface area contributed by atoms with Gasteiger partial charge < -0.3 is 19.3 Å². The lowest BCUT2D eigenvalue weighted by Gasteiger charge is -2.44. The molecule has 53 heavy (non-hydrogen) atoms. The molecule has 2 fully saturated rings. The molecular weight excluding hydrogens is 669 g/mol. The highest BCUT2D eigenvalue weighted by Gasteiger charge is 2.43. The second-order valence-corrected chi connectivity index (χ2v) is 16.7. The van der Waals surface area contributed by atoms with E-state index in [1.165, 1.54) is 0 Å². The molecule has 4 aliphatic heterocycles. The van der Waals surface area contributed by atoms with Gasteiger partial charge in [0.2, 0.25) is 0 Å². The highest BCUT2D eigenvalue weighted by Crippen LogP contribution is 2.43. The molecule has 0 aliphatic carbocycles. The third kappa shape index (κ3) is 9.32. The summed E-state index contributed by atoms with van der Waals surface area (Å²) in [4.78, 5) is 55.5. The second-order valence-electron chi connectivity index (χ2n) is 16.7. The van der Waals surface area contributed by atoms with Gasteiger partial charge in [0.15, 0.2) is 0 Å². The van der Waals surface area contributed by atoms with Crippen LogP contribution in [0.25, 0.3) is 0 Å². The van der Waals surface area contributed by atoms with Crippen LogP contribution in [0.2, 0.25) is 0 Å². The van der Waals surface area contributed by atoms with E-state index in [2.05, 4.69) is 47.3 Å². The quantitative estimate of drug-likeness (QED) is 0.255. The molecule has 286 valence electrons. The zero-order valence-corrected chi connectivity index (χ0v) is 32.8. The molecule has 0 amide bonds. The predicted molar refractivity (Wildman–Crippen MR) is 205 cm³/mol. The predicted octanol–water partition coefficient (Wildman–Crippen LogP) is 5.96. The van der Waals surface area contributed by atoms with E-state index >= 15 is 0 Å². The largest absolute Gasteiger partial charge is 0.461 e. The SMILES string of the molecule is CCN1Cc2cnc(cn2)C(N(CC)[C@@H]2CCN(c3ncccc3COC(=O)CC(C)(C)C)C2)C(C)(C)CC(=O)OCc2cccnc2N2CC[C@@H]1C2. The van der Waals surface area contributed by atoms with E-state index < -0.39 is 5.41 Å². The summed E-state index contributed by atoms with van der Waals surface area (Å²) in [7, 11) is 0. The molecule has 12 nitrogen and oxygen atoms in total. The Morgan fingerprint density at radius 1 is 0.981 bits per heavy atom. The zero-order chi connectivity index (χ0) is 37.8. The first kappa shape index (κ1) is 38.6. The third-order valence-corrected chi connectivity index (χ3v) is 10.9. The third-order valence-electron chi connectivity index (χ3n) is 10.9. The summed E-state index contributed by atoms with van der Waals surface area (Å²) in [5, 5.41) is 0. The van der Waals surface area contributed by atoms with Gasteiger partial charge in [-0.3, -0.25) is 29.4 Å². The topological polar surface area (TPSA) is 117 Å². The Labute approximate surface area is 315 Å². The maximum atomic E-state index is 13.7. The van der Waals surface area contributed by atoms with Crippen molar-refractivity contribution < 1.29 is 19.1 Å². The van der Waals surface area contributed by atoms with Crippen molar-refractivity contribution in [3.8, 4) is 0 Å². The normalized spacial score (nSPS) is 22.5. The Hall–Kier alpha value is -4.16. The minimum Gasteiger partial charge on any atom is -0.461 e. The average Bonchev–Trinajstić information content (AvgIpc) is 3.81. The fourth-order valence-electron chi connectivity index (χ4n) is 8.38. The molecule has 0 saturated carbocycles. The van der Waals surface area contributed by atoms with Gasteiger partial charge >= 0.3 is 11.9 Å². The lowest BCUT2D eigenvalue weighted by atomic mass is 9.78. The fourth-order valence-corrected chi connectivity index (χ4v) is 8.38. The second kappa shape index (κ2) is 16.5. The van der Waals surface area contributed by atoms with Crippen LogP contribution in [0, 0.1) is 10.8 Å². The van der Waals surface area contributed by atoms with Crippen molar-refractivity contribution in [1.82, 2.24) is 29.7 Å². The van der Waals surface area contributed by atoms with Gasteiger partial charge in [-0.1, -0.05) is 60.6 Å². The number of carbonyl (C=O) groups excluding carboxylic acids is 2. The van der Waals surface area contributed by atoms with Crippen molar-refractivity contribution in [3.05, 3.63) is 71.6 Å². The van der Waals surface area contributed by atoms with Gasteiger partial charge in [0, 0.05) is 68.3 Å². The number of hydrogen-bond donors (Lipinski definition) is 0. The lowest BCUT2D eigenvalue weighted by molar-refractivity contribution is -0.149. The van der Waals surface area contributed by atoms with E-state index in [4.69, 9.17) is 29.4 Å². The zero-order valence-electron chi connectivity index (χ0n) is 32.8. The molecule has 12 heteroatoms. The molecule has 3 aromatic heterocycles. The number of nitrogens with zero attached hydrogens (tertiary/aromatic N) is 8. The maximum Gasteiger partial charge on any atom is 0.306 e. The Morgan fingerprint density at radius 3 is 2.43 bits per heavy atom. The summed E-state index contributed by atoms with van der Waals surface area (Å²) in [5.74, 6) is 1.28. The standard InChI is InChI=1S/C41H58N8O4/c1-8-46-24-31-22-45-34(23-44-31)37(41(6,7)21-36(51)53-28-30-13-11-16-42-38(30)47-18-14-32(46)25-47)49(9-2)33-15-19-48(26-33)39-29(12-10-17-43-39)27-52-35(50)20-40(3,4)5/h10-13,16-17,22-23,32-33,37H,8-9,14-15,18-21,24-28H2,1-7H3/t32-,33-,37?/m1/s1. The van der Waals surface area contributed by atoms with Gasteiger partial charge in [-0.25, -0.2) is 9.97 Å². The van der Waals surface area contributed by atoms with Crippen molar-refractivity contribution in [2.75, 3.05) is 49.1 Å². The number of pyridine rings is 2. The van der Waals surface area contributed by atoms with Crippen LogP contribution >= 0.6 is 0 Å². The van der Waals surface area contributed by atoms with Gasteiger partial charge in [0.05, 0.1) is 42.7 Å². The summed E-state index contributed by atoms with van der Waals surface area (Å²) in [6.45, 7) is 20.8. The van der Waals surface area contributed by atoms with Crippen molar-refractivity contribution in [1.29, 1.82) is 0 Å². The fraction of sp³-hybridized carbons (Fsp3) is 0.610. The highest BCUT2D eigenvalue weighted by molar-refractivity contribution is 5.71. The lowest BCUT2D eigenvalue weighted by Crippen LogP contribution is -2.46. The molecule has 7 rings (SSSR count). The van der Waals surface area contributed by atoms with Crippen LogP contribution in [0.3, 0.4) is 0 Å². The Kier molecular flexibility index (Phi) is 12.0. The number of ether oxygens (including phenoxy) is 2. The first-order valence-corrected chi connectivity index (χ1v) is 19.3. The molecule has 3 aromatic rings. The molecule has 4 bridgehead atoms. The molecular formula is C41H58N8O4. The number of fused-ring (bicyclic) bond motifs is 8. The van der Waals surface area contributed by atoms with Gasteiger partial charge in [-0.2, -0.15) is 0 Å². The summed E-state index contributed by atoms with van der Waals surface area (Å²) in [6.07, 6.45) is 9.97. The number of anilines is 2. The first-order chi connectivity index (χ1) is 25.3. The van der Waals surface area contributed by atoms with Crippen LogP contribution < -0.4 is 9.80 Å². The van der Waals surface area contributed by atoms with Crippen molar-refractivity contribution >= 4 is 23.6 Å². The number of carbonyl (C=O) groups is 2. The van der Waals surface area contributed by atoms with Crippen LogP contribution in [0.4, 0.5) is 11.6 Å². The maximum absolute atomic E-state index is 13.7. The Balaban J connectivity index is 1.26. The van der Waals surface area contributed by atoms with E-state index in [-0.39, 0.29) is 49.1 Å². The molecule has 3 atom stereocenters. The Bertz CT molecular complexity index is 1710. The van der Waals surface area contributed by atoms with Crippen LogP contribution in [0.15, 0.2) is 49.1 Å². The van der Waals surface area contributed by atoms with E-state index in [1.807, 2.05) is 63.6 Å². The van der Waals surface area contributed by atoms with Crippen LogP contribution in [-0.2, 0) is 38.8 Å². The molecule has 4 aliphatic rings. The smallest absolute Gasteiger partial charge is 0.306 e. The van der Waals surface area contributed by atoms with Crippen molar-refractivity contribution in [3.63, 3.8) is 0 Å². The van der Waals surface area contributed by atoms with Crippen molar-refractivity contribution in [2.45, 2.75) is 112 Å². The van der Waals surface area contributed by atoms with Gasteiger partial charge in [-0.15, -0.1) is 0 Å². The summed E-state index contributed by atoms with van der Waals surface area (Å²) in [5.41, 5.74) is 2.93. The minimum absolute atomic E-state index is 0.142. The van der Waals surface area contributed by atoms with Crippen LogP contribution in [-0.4, -0.2) is 93.0 Å². The molecule has 0 N–H and O–H groups in total. The number of rotatable bonds is 8. The van der Waals surface area contributed by atoms with Gasteiger partial charge in [0.1, 0.15) is 24.8 Å². The molecule has 2 saturated heterocycles. The first-order valence-electron chi connectivity index (χ1n) is 19.3. The van der Waals surface area contributed by atoms with E-state index in [9.17, 15) is 9.59 Å². The summed E-state index contributed by atoms with van der Waals surface area (Å²) in [6, 6.07) is 8.13.